The maximum Gasteiger partial charge on any atom is 0.222 e. The highest BCUT2D eigenvalue weighted by Crippen LogP contribution is 2.33. The summed E-state index contributed by atoms with van der Waals surface area (Å²) in [5, 5.41) is 0.417. The zero-order chi connectivity index (χ0) is 15.0. The molecule has 0 saturated carbocycles. The summed E-state index contributed by atoms with van der Waals surface area (Å²) >= 11 is 1.22. The molecule has 0 aliphatic carbocycles. The minimum atomic E-state index is -3.28. The van der Waals surface area contributed by atoms with Crippen LogP contribution < -0.4 is 4.90 Å². The highest BCUT2D eigenvalue weighted by Gasteiger charge is 2.17. The first-order valence-corrected chi connectivity index (χ1v) is 8.58. The third kappa shape index (κ3) is 2.55. The van der Waals surface area contributed by atoms with Gasteiger partial charge in [-0.3, -0.25) is 4.79 Å². The fourth-order valence-corrected chi connectivity index (χ4v) is 3.52. The standard InChI is InChI=1S/C13H10N2O4S2/c1-21(17,18)9-4-5-10-11(7-9)20-13(14-10)15(8-16)12-3-2-6-19-12/h2-8H,1H3. The predicted octanol–water partition coefficient (Wildman–Crippen LogP) is 2.59. The Balaban J connectivity index is 2.11. The second kappa shape index (κ2) is 4.97. The molecule has 8 heteroatoms. The molecule has 0 aliphatic rings. The molecule has 0 bridgehead atoms. The maximum absolute atomic E-state index is 11.6. The number of carbonyl (C=O) groups is 1. The number of benzene rings is 1. The molecule has 1 amide bonds. The first kappa shape index (κ1) is 13.8. The van der Waals surface area contributed by atoms with Gasteiger partial charge in [0.05, 0.1) is 21.4 Å². The van der Waals surface area contributed by atoms with Crippen molar-refractivity contribution in [3.8, 4) is 0 Å². The highest BCUT2D eigenvalue weighted by atomic mass is 32.2. The number of rotatable bonds is 4. The van der Waals surface area contributed by atoms with Gasteiger partial charge in [0.25, 0.3) is 0 Å². The van der Waals surface area contributed by atoms with Crippen LogP contribution in [0.4, 0.5) is 11.0 Å². The monoisotopic (exact) mass is 322 g/mol. The Kier molecular flexibility index (Phi) is 3.26. The molecule has 3 aromatic rings. The molecule has 0 fully saturated rings. The largest absolute Gasteiger partial charge is 0.448 e. The summed E-state index contributed by atoms with van der Waals surface area (Å²) in [5.74, 6) is 0.354. The van der Waals surface area contributed by atoms with Crippen LogP contribution in [0.3, 0.4) is 0 Å². The van der Waals surface area contributed by atoms with Gasteiger partial charge in [-0.25, -0.2) is 18.3 Å². The smallest absolute Gasteiger partial charge is 0.222 e. The number of hydrogen-bond donors (Lipinski definition) is 0. The molecule has 2 heterocycles. The van der Waals surface area contributed by atoms with Crippen molar-refractivity contribution >= 4 is 48.8 Å². The normalized spacial score (nSPS) is 11.7. The van der Waals surface area contributed by atoms with Gasteiger partial charge in [-0.05, 0) is 24.3 Å². The Labute approximate surface area is 124 Å². The first-order valence-electron chi connectivity index (χ1n) is 5.88. The summed E-state index contributed by atoms with van der Waals surface area (Å²) in [6.45, 7) is 0. The number of anilines is 2. The third-order valence-corrected chi connectivity index (χ3v) is 4.96. The number of aromatic nitrogens is 1. The zero-order valence-corrected chi connectivity index (χ0v) is 12.5. The molecule has 0 radical (unpaired) electrons. The van der Waals surface area contributed by atoms with E-state index in [1.54, 1.807) is 24.3 Å². The van der Waals surface area contributed by atoms with Crippen LogP contribution in [0.1, 0.15) is 0 Å². The molecule has 0 spiro atoms. The lowest BCUT2D eigenvalue weighted by atomic mass is 10.3. The lowest BCUT2D eigenvalue weighted by molar-refractivity contribution is -0.107. The Morgan fingerprint density at radius 2 is 2.14 bits per heavy atom. The number of carbonyl (C=O) groups excluding carboxylic acids is 1. The fourth-order valence-electron chi connectivity index (χ4n) is 1.82. The maximum atomic E-state index is 11.6. The predicted molar refractivity (Wildman–Crippen MR) is 79.6 cm³/mol. The van der Waals surface area contributed by atoms with E-state index >= 15 is 0 Å². The van der Waals surface area contributed by atoms with E-state index in [9.17, 15) is 13.2 Å². The quantitative estimate of drug-likeness (QED) is 0.690. The average molecular weight is 322 g/mol. The van der Waals surface area contributed by atoms with E-state index in [1.807, 2.05) is 0 Å². The summed E-state index contributed by atoms with van der Waals surface area (Å²) < 4.78 is 29.0. The van der Waals surface area contributed by atoms with E-state index in [1.165, 1.54) is 28.6 Å². The minimum absolute atomic E-state index is 0.223. The van der Waals surface area contributed by atoms with Crippen molar-refractivity contribution in [1.82, 2.24) is 4.98 Å². The lowest BCUT2D eigenvalue weighted by Crippen LogP contribution is -2.12. The highest BCUT2D eigenvalue weighted by molar-refractivity contribution is 7.90. The van der Waals surface area contributed by atoms with Gasteiger partial charge in [-0.15, -0.1) is 0 Å². The average Bonchev–Trinajstić information content (AvgIpc) is 3.06. The van der Waals surface area contributed by atoms with Crippen LogP contribution >= 0.6 is 11.3 Å². The lowest BCUT2D eigenvalue weighted by Gasteiger charge is -2.08. The number of amides is 1. The van der Waals surface area contributed by atoms with E-state index in [4.69, 9.17) is 4.42 Å². The summed E-state index contributed by atoms with van der Waals surface area (Å²) in [5.41, 5.74) is 0.626. The Morgan fingerprint density at radius 3 is 2.76 bits per heavy atom. The van der Waals surface area contributed by atoms with Crippen molar-refractivity contribution in [3.63, 3.8) is 0 Å². The summed E-state index contributed by atoms with van der Waals surface area (Å²) in [4.78, 5) is 17.1. The van der Waals surface area contributed by atoms with E-state index in [0.717, 1.165) is 6.26 Å². The van der Waals surface area contributed by atoms with Gasteiger partial charge in [-0.1, -0.05) is 11.3 Å². The molecule has 3 rings (SSSR count). The second-order valence-electron chi connectivity index (χ2n) is 4.32. The SMILES string of the molecule is CS(=O)(=O)c1ccc2nc(N(C=O)c3ccco3)sc2c1. The number of furan rings is 1. The molecule has 2 aromatic heterocycles. The van der Waals surface area contributed by atoms with Gasteiger partial charge < -0.3 is 4.42 Å². The third-order valence-electron chi connectivity index (χ3n) is 2.83. The molecule has 108 valence electrons. The van der Waals surface area contributed by atoms with Crippen molar-refractivity contribution in [2.45, 2.75) is 4.90 Å². The number of thiazole rings is 1. The Hall–Kier alpha value is -2.19. The molecular formula is C13H10N2O4S2. The van der Waals surface area contributed by atoms with Crippen LogP contribution in [-0.2, 0) is 14.6 Å². The minimum Gasteiger partial charge on any atom is -0.448 e. The van der Waals surface area contributed by atoms with Crippen LogP contribution in [0.15, 0.2) is 45.9 Å². The molecule has 6 nitrogen and oxygen atoms in total. The van der Waals surface area contributed by atoms with E-state index in [2.05, 4.69) is 4.98 Å². The molecule has 1 aromatic carbocycles. The Morgan fingerprint density at radius 1 is 1.33 bits per heavy atom. The van der Waals surface area contributed by atoms with Crippen LogP contribution in [0.5, 0.6) is 0 Å². The van der Waals surface area contributed by atoms with Crippen molar-refractivity contribution in [2.75, 3.05) is 11.2 Å². The Bertz CT molecular complexity index is 898. The van der Waals surface area contributed by atoms with Gasteiger partial charge in [0.15, 0.2) is 15.0 Å². The topological polar surface area (TPSA) is 80.5 Å². The van der Waals surface area contributed by atoms with Crippen molar-refractivity contribution < 1.29 is 17.6 Å². The fraction of sp³-hybridized carbons (Fsp3) is 0.0769. The van der Waals surface area contributed by atoms with Crippen molar-refractivity contribution in [3.05, 3.63) is 36.6 Å². The van der Waals surface area contributed by atoms with E-state index in [-0.39, 0.29) is 4.90 Å². The molecule has 0 aliphatic heterocycles. The van der Waals surface area contributed by atoms with Crippen molar-refractivity contribution in [2.24, 2.45) is 0 Å². The molecule has 0 atom stereocenters. The molecule has 0 N–H and O–H groups in total. The van der Waals surface area contributed by atoms with E-state index in [0.29, 0.717) is 27.6 Å². The van der Waals surface area contributed by atoms with Gasteiger partial charge in [0, 0.05) is 12.3 Å². The second-order valence-corrected chi connectivity index (χ2v) is 7.35. The summed E-state index contributed by atoms with van der Waals surface area (Å²) in [6, 6.07) is 7.98. The van der Waals surface area contributed by atoms with Gasteiger partial charge in [0.1, 0.15) is 0 Å². The summed E-state index contributed by atoms with van der Waals surface area (Å²) in [7, 11) is -3.28. The summed E-state index contributed by atoms with van der Waals surface area (Å²) in [6.07, 6.45) is 3.21. The van der Waals surface area contributed by atoms with Crippen LogP contribution in [0.25, 0.3) is 10.2 Å². The molecule has 21 heavy (non-hydrogen) atoms. The number of hydrogen-bond acceptors (Lipinski definition) is 6. The molecular weight excluding hydrogens is 312 g/mol. The number of sulfone groups is 1. The van der Waals surface area contributed by atoms with E-state index < -0.39 is 9.84 Å². The molecule has 0 saturated heterocycles. The zero-order valence-electron chi connectivity index (χ0n) is 10.9. The van der Waals surface area contributed by atoms with Gasteiger partial charge in [0.2, 0.25) is 12.3 Å². The van der Waals surface area contributed by atoms with Crippen LogP contribution in [0, 0.1) is 0 Å². The number of fused-ring (bicyclic) bond motifs is 1. The first-order chi connectivity index (χ1) is 9.99. The number of nitrogens with zero attached hydrogens (tertiary/aromatic N) is 2. The van der Waals surface area contributed by atoms with Crippen LogP contribution in [0.2, 0.25) is 0 Å². The van der Waals surface area contributed by atoms with Gasteiger partial charge >= 0.3 is 0 Å². The molecule has 0 unspecified atom stereocenters. The van der Waals surface area contributed by atoms with Crippen molar-refractivity contribution in [1.29, 1.82) is 0 Å². The van der Waals surface area contributed by atoms with Crippen LogP contribution in [-0.4, -0.2) is 26.1 Å². The van der Waals surface area contributed by atoms with Gasteiger partial charge in [-0.2, -0.15) is 0 Å².